The topological polar surface area (TPSA) is 60.9 Å². The van der Waals surface area contributed by atoms with Crippen LogP contribution in [0.15, 0.2) is 78.4 Å². The third kappa shape index (κ3) is 5.11. The monoisotopic (exact) mass is 532 g/mol. The van der Waals surface area contributed by atoms with E-state index in [0.29, 0.717) is 10.6 Å². The molecule has 0 aliphatic carbocycles. The van der Waals surface area contributed by atoms with Gasteiger partial charge in [0.05, 0.1) is 17.7 Å². The number of Topliss-reactive ketones (excluding diaryl/α,β-unsaturated/α-hetero) is 1. The Balaban J connectivity index is 1.62. The summed E-state index contributed by atoms with van der Waals surface area (Å²) in [6.45, 7) is 3.78. The molecule has 0 bridgehead atoms. The maximum Gasteiger partial charge on any atom is 0.295 e. The lowest BCUT2D eigenvalue weighted by atomic mass is 9.94. The van der Waals surface area contributed by atoms with Gasteiger partial charge in [-0.2, -0.15) is 0 Å². The lowest BCUT2D eigenvalue weighted by Crippen LogP contribution is -2.42. The Morgan fingerprint density at radius 2 is 1.63 bits per heavy atom. The van der Waals surface area contributed by atoms with Gasteiger partial charge in [0.2, 0.25) is 0 Å². The first-order chi connectivity index (χ1) is 18.3. The molecule has 2 aliphatic rings. The fourth-order valence-corrected chi connectivity index (χ4v) is 5.61. The second-order valence-electron chi connectivity index (χ2n) is 10.0. The number of nitrogens with zero attached hydrogens (tertiary/aromatic N) is 2. The van der Waals surface area contributed by atoms with Crippen molar-refractivity contribution < 1.29 is 19.1 Å². The number of aryl methyl sites for hydroxylation is 1. The van der Waals surface area contributed by atoms with Crippen molar-refractivity contribution >= 4 is 29.1 Å². The molecule has 2 saturated heterocycles. The number of halogens is 2. The van der Waals surface area contributed by atoms with Crippen LogP contribution in [0.25, 0.3) is 5.76 Å². The second kappa shape index (κ2) is 11.1. The molecule has 2 aliphatic heterocycles. The summed E-state index contributed by atoms with van der Waals surface area (Å²) in [4.78, 5) is 30.8. The molecule has 7 heteroatoms. The van der Waals surface area contributed by atoms with Crippen LogP contribution in [0.3, 0.4) is 0 Å². The van der Waals surface area contributed by atoms with Crippen LogP contribution >= 0.6 is 11.6 Å². The standard InChI is InChI=1S/C31H30ClFN2O3/c1-20-9-11-22(12-10-20)29(36)27-28(24-7-3-4-8-25(24)33)35(31(38)30(27)37)19-26(34-17-5-2-6-18-34)21-13-15-23(32)16-14-21/h3-4,7-16,26,28,36H,2,5-6,17-19H2,1H3/t26-,28+/m0/s1. The molecule has 0 radical (unpaired) electrons. The zero-order valence-corrected chi connectivity index (χ0v) is 22.0. The molecule has 5 rings (SSSR count). The number of likely N-dealkylation sites (tertiary alicyclic amines) is 2. The minimum absolute atomic E-state index is 0.0996. The first-order valence-corrected chi connectivity index (χ1v) is 13.3. The number of carbonyl (C=O) groups is 2. The maximum absolute atomic E-state index is 15.2. The fourth-order valence-electron chi connectivity index (χ4n) is 5.49. The van der Waals surface area contributed by atoms with E-state index < -0.39 is 23.5 Å². The van der Waals surface area contributed by atoms with Crippen molar-refractivity contribution in [2.45, 2.75) is 38.3 Å². The van der Waals surface area contributed by atoms with Crippen molar-refractivity contribution in [3.63, 3.8) is 0 Å². The molecule has 0 saturated carbocycles. The number of hydrogen-bond acceptors (Lipinski definition) is 4. The molecule has 0 unspecified atom stereocenters. The zero-order chi connectivity index (χ0) is 26.8. The molecule has 3 aromatic carbocycles. The van der Waals surface area contributed by atoms with Crippen LogP contribution in [0.2, 0.25) is 5.02 Å². The summed E-state index contributed by atoms with van der Waals surface area (Å²) in [5.41, 5.74) is 2.43. The Morgan fingerprint density at radius 1 is 0.974 bits per heavy atom. The molecule has 196 valence electrons. The fraction of sp³-hybridized carbons (Fsp3) is 0.290. The molecule has 1 amide bonds. The largest absolute Gasteiger partial charge is 0.507 e. The summed E-state index contributed by atoms with van der Waals surface area (Å²) in [7, 11) is 0. The molecule has 0 aromatic heterocycles. The highest BCUT2D eigenvalue weighted by molar-refractivity contribution is 6.46. The van der Waals surface area contributed by atoms with Crippen molar-refractivity contribution in [1.82, 2.24) is 9.80 Å². The summed E-state index contributed by atoms with van der Waals surface area (Å²) in [6, 6.07) is 19.3. The van der Waals surface area contributed by atoms with E-state index in [1.807, 2.05) is 43.3 Å². The summed E-state index contributed by atoms with van der Waals surface area (Å²) >= 11 is 6.16. The third-order valence-corrected chi connectivity index (χ3v) is 7.77. The van der Waals surface area contributed by atoms with E-state index in [1.54, 1.807) is 30.3 Å². The lowest BCUT2D eigenvalue weighted by molar-refractivity contribution is -0.140. The van der Waals surface area contributed by atoms with Gasteiger partial charge in [-0.25, -0.2) is 4.39 Å². The Morgan fingerprint density at radius 3 is 2.29 bits per heavy atom. The Bertz CT molecular complexity index is 1360. The Kier molecular flexibility index (Phi) is 7.63. The molecular formula is C31H30ClFN2O3. The van der Waals surface area contributed by atoms with Gasteiger partial charge in [-0.1, -0.05) is 78.2 Å². The quantitative estimate of drug-likeness (QED) is 0.225. The predicted octanol–water partition coefficient (Wildman–Crippen LogP) is 6.44. The minimum Gasteiger partial charge on any atom is -0.507 e. The van der Waals surface area contributed by atoms with Crippen molar-refractivity contribution in [3.8, 4) is 0 Å². The van der Waals surface area contributed by atoms with Gasteiger partial charge in [-0.05, 0) is 56.6 Å². The van der Waals surface area contributed by atoms with Gasteiger partial charge >= 0.3 is 0 Å². The molecular weight excluding hydrogens is 503 g/mol. The van der Waals surface area contributed by atoms with Crippen LogP contribution in [0.1, 0.15) is 53.6 Å². The maximum atomic E-state index is 15.2. The number of aliphatic hydroxyl groups excluding tert-OH is 1. The van der Waals surface area contributed by atoms with E-state index in [1.165, 1.54) is 11.0 Å². The third-order valence-electron chi connectivity index (χ3n) is 7.52. The van der Waals surface area contributed by atoms with Crippen LogP contribution in [-0.4, -0.2) is 46.2 Å². The average Bonchev–Trinajstić information content (AvgIpc) is 3.18. The van der Waals surface area contributed by atoms with Crippen molar-refractivity contribution in [1.29, 1.82) is 0 Å². The van der Waals surface area contributed by atoms with Crippen LogP contribution in [-0.2, 0) is 9.59 Å². The van der Waals surface area contributed by atoms with Gasteiger partial charge in [0.1, 0.15) is 11.6 Å². The van der Waals surface area contributed by atoms with E-state index in [9.17, 15) is 14.7 Å². The second-order valence-corrected chi connectivity index (χ2v) is 10.4. The number of ketones is 1. The number of rotatable bonds is 6. The van der Waals surface area contributed by atoms with Crippen LogP contribution in [0.5, 0.6) is 0 Å². The van der Waals surface area contributed by atoms with E-state index in [0.717, 1.165) is 43.5 Å². The Labute approximate surface area is 227 Å². The molecule has 2 atom stereocenters. The molecule has 3 aromatic rings. The first-order valence-electron chi connectivity index (χ1n) is 12.9. The number of benzene rings is 3. The molecule has 2 fully saturated rings. The smallest absolute Gasteiger partial charge is 0.295 e. The van der Waals surface area contributed by atoms with E-state index in [2.05, 4.69) is 4.90 Å². The Hall–Kier alpha value is -3.48. The average molecular weight is 533 g/mol. The van der Waals surface area contributed by atoms with Gasteiger partial charge in [-0.15, -0.1) is 0 Å². The summed E-state index contributed by atoms with van der Waals surface area (Å²) < 4.78 is 15.2. The van der Waals surface area contributed by atoms with E-state index in [-0.39, 0.29) is 29.5 Å². The number of aliphatic hydroxyl groups is 1. The van der Waals surface area contributed by atoms with Crippen LogP contribution in [0.4, 0.5) is 4.39 Å². The molecule has 0 spiro atoms. The summed E-state index contributed by atoms with van der Waals surface area (Å²) in [5, 5.41) is 11.9. The highest BCUT2D eigenvalue weighted by atomic mass is 35.5. The van der Waals surface area contributed by atoms with Crippen LogP contribution in [0, 0.1) is 12.7 Å². The number of piperidine rings is 1. The minimum atomic E-state index is -1.06. The number of hydrogen-bond donors (Lipinski definition) is 1. The SMILES string of the molecule is Cc1ccc(C(O)=C2C(=O)C(=O)N(C[C@@H](c3ccc(Cl)cc3)N3CCCCC3)[C@@H]2c2ccccc2F)cc1. The lowest BCUT2D eigenvalue weighted by Gasteiger charge is -2.38. The molecule has 1 N–H and O–H groups in total. The number of amides is 1. The highest BCUT2D eigenvalue weighted by Crippen LogP contribution is 2.42. The molecule has 38 heavy (non-hydrogen) atoms. The van der Waals surface area contributed by atoms with Gasteiger partial charge in [0.25, 0.3) is 11.7 Å². The van der Waals surface area contributed by atoms with Crippen molar-refractivity contribution in [2.24, 2.45) is 0 Å². The van der Waals surface area contributed by atoms with Crippen molar-refractivity contribution in [3.05, 3.63) is 111 Å². The zero-order valence-electron chi connectivity index (χ0n) is 21.2. The number of carbonyl (C=O) groups excluding carboxylic acids is 2. The van der Waals surface area contributed by atoms with Gasteiger partial charge in [0, 0.05) is 22.7 Å². The molecule has 5 nitrogen and oxygen atoms in total. The summed E-state index contributed by atoms with van der Waals surface area (Å²) in [6.07, 6.45) is 3.21. The van der Waals surface area contributed by atoms with Gasteiger partial charge < -0.3 is 10.0 Å². The van der Waals surface area contributed by atoms with Gasteiger partial charge in [0.15, 0.2) is 0 Å². The normalized spacial score (nSPS) is 20.6. The summed E-state index contributed by atoms with van der Waals surface area (Å²) in [5.74, 6) is -2.41. The predicted molar refractivity (Wildman–Crippen MR) is 146 cm³/mol. The van der Waals surface area contributed by atoms with Gasteiger partial charge in [-0.3, -0.25) is 14.5 Å². The van der Waals surface area contributed by atoms with E-state index in [4.69, 9.17) is 11.6 Å². The molecule has 2 heterocycles. The highest BCUT2D eigenvalue weighted by Gasteiger charge is 2.48. The van der Waals surface area contributed by atoms with Crippen LogP contribution < -0.4 is 0 Å². The first kappa shape index (κ1) is 26.1. The van der Waals surface area contributed by atoms with E-state index >= 15 is 4.39 Å². The van der Waals surface area contributed by atoms with Crippen molar-refractivity contribution in [2.75, 3.05) is 19.6 Å².